The lowest BCUT2D eigenvalue weighted by Crippen LogP contribution is -2.15. The standard InChI is InChI=1S/C10H12ClN3O2S/c1-10(2,3)9-13-8(17(11,15)16)7-6-12-4-5-14(7)9/h4-6H,1-3H3. The molecule has 0 aliphatic heterocycles. The van der Waals surface area contributed by atoms with Gasteiger partial charge < -0.3 is 0 Å². The van der Waals surface area contributed by atoms with E-state index in [-0.39, 0.29) is 10.4 Å². The first-order valence-corrected chi connectivity index (χ1v) is 7.29. The second kappa shape index (κ2) is 3.68. The first-order chi connectivity index (χ1) is 7.71. The minimum absolute atomic E-state index is 0.141. The van der Waals surface area contributed by atoms with Crippen molar-refractivity contribution >= 4 is 25.2 Å². The maximum absolute atomic E-state index is 11.4. The Bertz CT molecular complexity index is 670. The van der Waals surface area contributed by atoms with E-state index in [0.717, 1.165) is 0 Å². The van der Waals surface area contributed by atoms with Crippen LogP contribution in [0, 0.1) is 0 Å². The quantitative estimate of drug-likeness (QED) is 0.745. The average Bonchev–Trinajstić information content (AvgIpc) is 2.55. The van der Waals surface area contributed by atoms with Gasteiger partial charge in [-0.25, -0.2) is 13.4 Å². The van der Waals surface area contributed by atoms with E-state index in [1.54, 1.807) is 16.8 Å². The number of fused-ring (bicyclic) bond motifs is 1. The molecule has 0 radical (unpaired) electrons. The van der Waals surface area contributed by atoms with Crippen LogP contribution in [0.5, 0.6) is 0 Å². The molecule has 0 unspecified atom stereocenters. The third kappa shape index (κ3) is 2.14. The van der Waals surface area contributed by atoms with Gasteiger partial charge in [-0.05, 0) is 0 Å². The summed E-state index contributed by atoms with van der Waals surface area (Å²) in [6, 6.07) is 0. The van der Waals surface area contributed by atoms with Crippen molar-refractivity contribution in [1.29, 1.82) is 0 Å². The molecule has 2 aromatic heterocycles. The minimum atomic E-state index is -3.87. The van der Waals surface area contributed by atoms with Gasteiger partial charge in [-0.2, -0.15) is 0 Å². The summed E-state index contributed by atoms with van der Waals surface area (Å²) in [7, 11) is 1.50. The Balaban J connectivity index is 2.91. The van der Waals surface area contributed by atoms with Gasteiger partial charge >= 0.3 is 0 Å². The normalized spacial score (nSPS) is 13.2. The van der Waals surface area contributed by atoms with Crippen molar-refractivity contribution in [2.24, 2.45) is 0 Å². The summed E-state index contributed by atoms with van der Waals surface area (Å²) < 4.78 is 24.6. The molecule has 0 aliphatic carbocycles. The van der Waals surface area contributed by atoms with Crippen LogP contribution in [0.4, 0.5) is 0 Å². The maximum atomic E-state index is 11.4. The molecule has 0 saturated carbocycles. The Morgan fingerprint density at radius 2 is 2.00 bits per heavy atom. The zero-order valence-corrected chi connectivity index (χ0v) is 11.2. The summed E-state index contributed by atoms with van der Waals surface area (Å²) in [5.41, 5.74) is 0.108. The summed E-state index contributed by atoms with van der Waals surface area (Å²) in [5, 5.41) is -0.141. The molecule has 0 amide bonds. The summed E-state index contributed by atoms with van der Waals surface area (Å²) in [6.45, 7) is 5.85. The molecule has 17 heavy (non-hydrogen) atoms. The highest BCUT2D eigenvalue weighted by Gasteiger charge is 2.27. The molecular weight excluding hydrogens is 262 g/mol. The lowest BCUT2D eigenvalue weighted by Gasteiger charge is -2.16. The third-order valence-corrected chi connectivity index (χ3v) is 3.52. The van der Waals surface area contributed by atoms with Gasteiger partial charge in [-0.1, -0.05) is 20.8 Å². The molecule has 7 heteroatoms. The van der Waals surface area contributed by atoms with Crippen molar-refractivity contribution in [1.82, 2.24) is 14.4 Å². The molecule has 0 N–H and O–H groups in total. The summed E-state index contributed by atoms with van der Waals surface area (Å²) >= 11 is 0. The Labute approximate surface area is 104 Å². The highest BCUT2D eigenvalue weighted by Crippen LogP contribution is 2.27. The first-order valence-electron chi connectivity index (χ1n) is 4.98. The topological polar surface area (TPSA) is 64.3 Å². The summed E-state index contributed by atoms with van der Waals surface area (Å²) in [4.78, 5) is 8.03. The molecule has 0 atom stereocenters. The van der Waals surface area contributed by atoms with Crippen LogP contribution < -0.4 is 0 Å². The first kappa shape index (κ1) is 12.3. The molecule has 0 aromatic carbocycles. The third-order valence-electron chi connectivity index (χ3n) is 2.31. The monoisotopic (exact) mass is 273 g/mol. The van der Waals surface area contributed by atoms with Gasteiger partial charge in [-0.3, -0.25) is 9.38 Å². The van der Waals surface area contributed by atoms with E-state index < -0.39 is 9.05 Å². The summed E-state index contributed by atoms with van der Waals surface area (Å²) in [5.74, 6) is 0.633. The van der Waals surface area contributed by atoms with Gasteiger partial charge in [0, 0.05) is 28.5 Å². The van der Waals surface area contributed by atoms with E-state index >= 15 is 0 Å². The summed E-state index contributed by atoms with van der Waals surface area (Å²) in [6.07, 6.45) is 4.69. The predicted molar refractivity (Wildman–Crippen MR) is 64.7 cm³/mol. The number of imidazole rings is 1. The van der Waals surface area contributed by atoms with Gasteiger partial charge in [0.05, 0.1) is 6.20 Å². The predicted octanol–water partition coefficient (Wildman–Crippen LogP) is 1.95. The van der Waals surface area contributed by atoms with E-state index in [9.17, 15) is 8.42 Å². The molecular formula is C10H12ClN3O2S. The second-order valence-electron chi connectivity index (χ2n) is 4.76. The van der Waals surface area contributed by atoms with Gasteiger partial charge in [0.25, 0.3) is 9.05 Å². The highest BCUT2D eigenvalue weighted by molar-refractivity contribution is 8.13. The number of hydrogen-bond acceptors (Lipinski definition) is 4. The van der Waals surface area contributed by atoms with E-state index in [0.29, 0.717) is 11.3 Å². The molecule has 0 saturated heterocycles. The Morgan fingerprint density at radius 3 is 2.53 bits per heavy atom. The van der Waals surface area contributed by atoms with E-state index in [4.69, 9.17) is 10.7 Å². The Morgan fingerprint density at radius 1 is 1.35 bits per heavy atom. The Hall–Kier alpha value is -1.14. The van der Waals surface area contributed by atoms with Crippen molar-refractivity contribution in [2.45, 2.75) is 31.2 Å². The molecule has 0 bridgehead atoms. The molecule has 0 spiro atoms. The highest BCUT2D eigenvalue weighted by atomic mass is 35.7. The van der Waals surface area contributed by atoms with Crippen LogP contribution in [0.15, 0.2) is 23.6 Å². The SMILES string of the molecule is CC(C)(C)c1nc(S(=O)(=O)Cl)c2cnccn12. The lowest BCUT2D eigenvalue weighted by molar-refractivity contribution is 0.539. The van der Waals surface area contributed by atoms with Crippen molar-refractivity contribution in [3.63, 3.8) is 0 Å². The largest absolute Gasteiger partial charge is 0.299 e. The van der Waals surface area contributed by atoms with Gasteiger partial charge in [-0.15, -0.1) is 0 Å². The van der Waals surface area contributed by atoms with Crippen LogP contribution in [0.2, 0.25) is 0 Å². The zero-order chi connectivity index (χ0) is 12.8. The van der Waals surface area contributed by atoms with Crippen LogP contribution >= 0.6 is 10.7 Å². The molecule has 2 heterocycles. The maximum Gasteiger partial charge on any atom is 0.280 e. The van der Waals surface area contributed by atoms with Crippen LogP contribution in [0.25, 0.3) is 5.52 Å². The lowest BCUT2D eigenvalue weighted by atomic mass is 9.96. The second-order valence-corrected chi connectivity index (χ2v) is 7.24. The molecule has 0 aliphatic rings. The van der Waals surface area contributed by atoms with Gasteiger partial charge in [0.1, 0.15) is 11.3 Å². The zero-order valence-electron chi connectivity index (χ0n) is 9.68. The van der Waals surface area contributed by atoms with Crippen LogP contribution in [-0.2, 0) is 14.5 Å². The van der Waals surface area contributed by atoms with Crippen LogP contribution in [-0.4, -0.2) is 22.8 Å². The van der Waals surface area contributed by atoms with Crippen molar-refractivity contribution < 1.29 is 8.42 Å². The number of nitrogens with zero attached hydrogens (tertiary/aromatic N) is 3. The molecule has 5 nitrogen and oxygen atoms in total. The molecule has 2 rings (SSSR count). The fourth-order valence-electron chi connectivity index (χ4n) is 1.62. The number of aromatic nitrogens is 3. The number of hydrogen-bond donors (Lipinski definition) is 0. The number of halogens is 1. The Kier molecular flexibility index (Phi) is 2.67. The molecule has 0 fully saturated rings. The van der Waals surface area contributed by atoms with E-state index in [1.807, 2.05) is 20.8 Å². The van der Waals surface area contributed by atoms with Crippen LogP contribution in [0.3, 0.4) is 0 Å². The van der Waals surface area contributed by atoms with Gasteiger partial charge in [0.2, 0.25) is 0 Å². The van der Waals surface area contributed by atoms with Gasteiger partial charge in [0.15, 0.2) is 5.03 Å². The fourth-order valence-corrected chi connectivity index (χ4v) is 2.56. The fraction of sp³-hybridized carbons (Fsp3) is 0.400. The molecule has 92 valence electrons. The average molecular weight is 274 g/mol. The van der Waals surface area contributed by atoms with E-state index in [2.05, 4.69) is 9.97 Å². The van der Waals surface area contributed by atoms with Crippen LogP contribution in [0.1, 0.15) is 26.6 Å². The smallest absolute Gasteiger partial charge is 0.280 e. The number of rotatable bonds is 1. The van der Waals surface area contributed by atoms with Crippen molar-refractivity contribution in [3.8, 4) is 0 Å². The van der Waals surface area contributed by atoms with Crippen molar-refractivity contribution in [2.75, 3.05) is 0 Å². The van der Waals surface area contributed by atoms with E-state index in [1.165, 1.54) is 6.20 Å². The van der Waals surface area contributed by atoms with Crippen molar-refractivity contribution in [3.05, 3.63) is 24.4 Å². The molecule has 2 aromatic rings. The minimum Gasteiger partial charge on any atom is -0.299 e.